The minimum atomic E-state index is -0.753. The Morgan fingerprint density at radius 2 is 1.67 bits per heavy atom. The Morgan fingerprint density at radius 1 is 1.00 bits per heavy atom. The van der Waals surface area contributed by atoms with Gasteiger partial charge in [-0.3, -0.25) is 0 Å². The van der Waals surface area contributed by atoms with Gasteiger partial charge in [0.25, 0.3) is 0 Å². The van der Waals surface area contributed by atoms with Crippen LogP contribution in [0.5, 0.6) is 17.2 Å². The summed E-state index contributed by atoms with van der Waals surface area (Å²) < 4.78 is 16.0. The van der Waals surface area contributed by atoms with E-state index >= 15 is 0 Å². The van der Waals surface area contributed by atoms with Crippen LogP contribution in [0.1, 0.15) is 29.7 Å². The maximum absolute atomic E-state index is 10.6. The quantitative estimate of drug-likeness (QED) is 0.262. The second-order valence-corrected chi connectivity index (χ2v) is 6.55. The number of benzene rings is 2. The van der Waals surface area contributed by atoms with E-state index < -0.39 is 6.10 Å². The van der Waals surface area contributed by atoms with E-state index in [0.29, 0.717) is 36.1 Å². The van der Waals surface area contributed by atoms with Crippen molar-refractivity contribution in [2.24, 2.45) is 4.99 Å². The Bertz CT molecular complexity index is 808. The van der Waals surface area contributed by atoms with Crippen LogP contribution in [0.4, 0.5) is 0 Å². The molecule has 0 heterocycles. The molecule has 0 radical (unpaired) electrons. The molecule has 0 aliphatic heterocycles. The van der Waals surface area contributed by atoms with Crippen LogP contribution in [0, 0.1) is 6.92 Å². The molecule has 2 aromatic rings. The topological polar surface area (TPSA) is 84.3 Å². The number of aliphatic hydroxyl groups is 1. The first kappa shape index (κ1) is 25.8. The van der Waals surface area contributed by atoms with Gasteiger partial charge in [0.15, 0.2) is 5.96 Å². The van der Waals surface area contributed by atoms with E-state index in [2.05, 4.69) is 15.6 Å². The number of nitrogens with zero attached hydrogens (tertiary/aromatic N) is 1. The van der Waals surface area contributed by atoms with Crippen LogP contribution < -0.4 is 24.8 Å². The number of aryl methyl sites for hydroxylation is 1. The van der Waals surface area contributed by atoms with Crippen molar-refractivity contribution < 1.29 is 19.3 Å². The van der Waals surface area contributed by atoms with Crippen molar-refractivity contribution in [3.63, 3.8) is 0 Å². The molecule has 3 N–H and O–H groups in total. The highest BCUT2D eigenvalue weighted by atomic mass is 127. The molecule has 0 saturated carbocycles. The minimum absolute atomic E-state index is 0. The third-order valence-corrected chi connectivity index (χ3v) is 4.42. The number of halogens is 1. The summed E-state index contributed by atoms with van der Waals surface area (Å²) in [6, 6.07) is 11.4. The van der Waals surface area contributed by atoms with Gasteiger partial charge in [0.1, 0.15) is 17.2 Å². The maximum Gasteiger partial charge on any atom is 0.191 e. The highest BCUT2D eigenvalue weighted by Crippen LogP contribution is 2.26. The van der Waals surface area contributed by atoms with Crippen molar-refractivity contribution in [3.05, 3.63) is 53.1 Å². The summed E-state index contributed by atoms with van der Waals surface area (Å²) in [6.45, 7) is 5.47. The lowest BCUT2D eigenvalue weighted by atomic mass is 10.1. The number of hydrogen-bond donors (Lipinski definition) is 3. The van der Waals surface area contributed by atoms with Crippen LogP contribution in [0.15, 0.2) is 41.4 Å². The normalized spacial score (nSPS) is 11.9. The molecule has 0 saturated heterocycles. The molecule has 7 nitrogen and oxygen atoms in total. The molecule has 0 aliphatic rings. The van der Waals surface area contributed by atoms with Gasteiger partial charge in [-0.05, 0) is 43.2 Å². The van der Waals surface area contributed by atoms with Crippen LogP contribution in [-0.4, -0.2) is 45.5 Å². The highest BCUT2D eigenvalue weighted by molar-refractivity contribution is 14.0. The fraction of sp³-hybridized carbons (Fsp3) is 0.409. The summed E-state index contributed by atoms with van der Waals surface area (Å²) in [5.74, 6) is 2.69. The number of rotatable bonds is 9. The van der Waals surface area contributed by atoms with Gasteiger partial charge in [-0.1, -0.05) is 12.1 Å². The summed E-state index contributed by atoms with van der Waals surface area (Å²) >= 11 is 0. The lowest BCUT2D eigenvalue weighted by molar-refractivity contribution is 0.180. The van der Waals surface area contributed by atoms with E-state index in [1.165, 1.54) is 0 Å². The van der Waals surface area contributed by atoms with Gasteiger partial charge in [0, 0.05) is 24.7 Å². The molecular formula is C22H32IN3O4. The Morgan fingerprint density at radius 3 is 2.23 bits per heavy atom. The van der Waals surface area contributed by atoms with Crippen LogP contribution in [0.3, 0.4) is 0 Å². The Kier molecular flexibility index (Phi) is 11.3. The molecule has 2 rings (SSSR count). The van der Waals surface area contributed by atoms with Crippen LogP contribution in [0.25, 0.3) is 0 Å². The second-order valence-electron chi connectivity index (χ2n) is 6.55. The van der Waals surface area contributed by atoms with Gasteiger partial charge < -0.3 is 30.0 Å². The zero-order chi connectivity index (χ0) is 21.2. The molecule has 30 heavy (non-hydrogen) atoms. The van der Waals surface area contributed by atoms with Gasteiger partial charge in [-0.15, -0.1) is 24.0 Å². The van der Waals surface area contributed by atoms with Crippen molar-refractivity contribution in [2.45, 2.75) is 26.5 Å². The molecule has 0 fully saturated rings. The third-order valence-electron chi connectivity index (χ3n) is 4.42. The summed E-state index contributed by atoms with van der Waals surface area (Å²) in [6.07, 6.45) is -0.753. The van der Waals surface area contributed by atoms with E-state index in [-0.39, 0.29) is 30.5 Å². The number of nitrogens with one attached hydrogen (secondary N) is 2. The lowest BCUT2D eigenvalue weighted by Gasteiger charge is -2.17. The number of aliphatic hydroxyl groups excluding tert-OH is 1. The van der Waals surface area contributed by atoms with Crippen molar-refractivity contribution >= 4 is 29.9 Å². The van der Waals surface area contributed by atoms with Gasteiger partial charge in [-0.2, -0.15) is 0 Å². The molecule has 0 bridgehead atoms. The predicted octanol–water partition coefficient (Wildman–Crippen LogP) is 3.43. The van der Waals surface area contributed by atoms with Crippen LogP contribution in [-0.2, 0) is 6.54 Å². The van der Waals surface area contributed by atoms with Crippen molar-refractivity contribution in [1.82, 2.24) is 10.6 Å². The zero-order valence-corrected chi connectivity index (χ0v) is 20.5. The van der Waals surface area contributed by atoms with Crippen molar-refractivity contribution in [2.75, 3.05) is 34.4 Å². The number of methoxy groups -OCH3 is 3. The molecule has 0 aromatic heterocycles. The molecule has 0 amide bonds. The second kappa shape index (κ2) is 13.2. The molecule has 1 atom stereocenters. The zero-order valence-electron chi connectivity index (χ0n) is 18.2. The number of aliphatic imine (C=N–C) groups is 1. The van der Waals surface area contributed by atoms with E-state index in [1.54, 1.807) is 39.5 Å². The molecule has 0 aliphatic carbocycles. The first-order valence-electron chi connectivity index (χ1n) is 9.57. The summed E-state index contributed by atoms with van der Waals surface area (Å²) in [5.41, 5.74) is 2.83. The van der Waals surface area contributed by atoms with Crippen molar-refractivity contribution in [1.29, 1.82) is 0 Å². The maximum atomic E-state index is 10.6. The molecular weight excluding hydrogens is 497 g/mol. The standard InChI is InChI=1S/C22H31N3O4.HI/c1-6-23-22(24-13-16-8-7-15(2)9-21(16)29-5)25-14-20(26)17-10-18(27-3)12-19(11-17)28-4;/h7-12,20,26H,6,13-14H2,1-5H3,(H2,23,24,25);1H. The minimum Gasteiger partial charge on any atom is -0.497 e. The van der Waals surface area contributed by atoms with Crippen LogP contribution in [0.2, 0.25) is 0 Å². The molecule has 166 valence electrons. The molecule has 2 aromatic carbocycles. The van der Waals surface area contributed by atoms with Crippen LogP contribution >= 0.6 is 24.0 Å². The average molecular weight is 529 g/mol. The number of ether oxygens (including phenoxy) is 3. The van der Waals surface area contributed by atoms with Gasteiger partial charge in [0.2, 0.25) is 0 Å². The molecule has 8 heteroatoms. The number of hydrogen-bond acceptors (Lipinski definition) is 5. The largest absolute Gasteiger partial charge is 0.497 e. The SMILES string of the molecule is CCNC(=NCc1ccc(C)cc1OC)NCC(O)c1cc(OC)cc(OC)c1.I. The Balaban J connectivity index is 0.00000450. The fourth-order valence-electron chi connectivity index (χ4n) is 2.82. The van der Waals surface area contributed by atoms with E-state index in [4.69, 9.17) is 14.2 Å². The first-order valence-corrected chi connectivity index (χ1v) is 9.57. The third kappa shape index (κ3) is 7.56. The smallest absolute Gasteiger partial charge is 0.191 e. The van der Waals surface area contributed by atoms with Crippen molar-refractivity contribution in [3.8, 4) is 17.2 Å². The monoisotopic (exact) mass is 529 g/mol. The predicted molar refractivity (Wildman–Crippen MR) is 130 cm³/mol. The molecule has 0 spiro atoms. The summed E-state index contributed by atoms with van der Waals surface area (Å²) in [4.78, 5) is 4.61. The summed E-state index contributed by atoms with van der Waals surface area (Å²) in [5, 5.41) is 17.0. The lowest BCUT2D eigenvalue weighted by Crippen LogP contribution is -2.39. The highest BCUT2D eigenvalue weighted by Gasteiger charge is 2.12. The van der Waals surface area contributed by atoms with Gasteiger partial charge in [-0.25, -0.2) is 4.99 Å². The van der Waals surface area contributed by atoms with E-state index in [0.717, 1.165) is 16.9 Å². The van der Waals surface area contributed by atoms with E-state index in [9.17, 15) is 5.11 Å². The van der Waals surface area contributed by atoms with E-state index in [1.807, 2.05) is 32.0 Å². The summed E-state index contributed by atoms with van der Waals surface area (Å²) in [7, 11) is 4.82. The Hall–Kier alpha value is -2.20. The fourth-order valence-corrected chi connectivity index (χ4v) is 2.82. The molecule has 1 unspecified atom stereocenters. The number of guanidine groups is 1. The van der Waals surface area contributed by atoms with Gasteiger partial charge >= 0.3 is 0 Å². The van der Waals surface area contributed by atoms with Gasteiger partial charge in [0.05, 0.1) is 34.0 Å². The Labute approximate surface area is 195 Å². The first-order chi connectivity index (χ1) is 14.0. The average Bonchev–Trinajstić information content (AvgIpc) is 2.75.